The van der Waals surface area contributed by atoms with Crippen LogP contribution in [-0.4, -0.2) is 19.7 Å². The summed E-state index contributed by atoms with van der Waals surface area (Å²) >= 11 is 14.1. The Morgan fingerprint density at radius 3 is 2.55 bits per heavy atom. The maximum absolute atomic E-state index is 11.4. The van der Waals surface area contributed by atoms with Crippen molar-refractivity contribution in [3.05, 3.63) is 86.9 Å². The fourth-order valence-electron chi connectivity index (χ4n) is 3.76. The summed E-state index contributed by atoms with van der Waals surface area (Å²) in [6.07, 6.45) is 3.11. The Hall–Kier alpha value is -2.34. The molecule has 1 aliphatic carbocycles. The maximum Gasteiger partial charge on any atom is 0.343 e. The number of carbonyl (C=O) groups is 1. The van der Waals surface area contributed by atoms with E-state index >= 15 is 0 Å². The number of halogens is 2. The molecule has 0 aromatic heterocycles. The Labute approximate surface area is 208 Å². The second-order valence-electron chi connectivity index (χ2n) is 7.69. The van der Waals surface area contributed by atoms with Crippen LogP contribution in [0.15, 0.2) is 59.5 Å². The highest BCUT2D eigenvalue weighted by Crippen LogP contribution is 2.38. The zero-order valence-corrected chi connectivity index (χ0v) is 20.6. The van der Waals surface area contributed by atoms with E-state index in [0.717, 1.165) is 42.1 Å². The van der Waals surface area contributed by atoms with E-state index in [1.165, 1.54) is 28.7 Å². The highest BCUT2D eigenvalue weighted by Gasteiger charge is 2.20. The summed E-state index contributed by atoms with van der Waals surface area (Å²) in [7, 11) is 1.36. The van der Waals surface area contributed by atoms with E-state index in [1.54, 1.807) is 12.1 Å². The molecule has 0 aliphatic heterocycles. The van der Waals surface area contributed by atoms with Crippen molar-refractivity contribution in [2.24, 2.45) is 0 Å². The van der Waals surface area contributed by atoms with Crippen LogP contribution in [-0.2, 0) is 34.7 Å². The summed E-state index contributed by atoms with van der Waals surface area (Å²) in [4.78, 5) is 12.7. The van der Waals surface area contributed by atoms with Crippen LogP contribution in [0.1, 0.15) is 28.7 Å². The summed E-state index contributed by atoms with van der Waals surface area (Å²) in [6.45, 7) is 0.303. The van der Waals surface area contributed by atoms with Crippen LogP contribution in [0.25, 0.3) is 0 Å². The number of carbonyl (C=O) groups excluding carboxylic acids is 1. The standard InChI is InChI=1S/C26H24Cl2O4S/c1-30-26(29)15-32-24-11-12-25(22-4-2-3-21(22)24)33-16-17-5-8-20(9-6-17)31-14-18-13-19(27)7-10-23(18)28/h5-13H,2-4,14-16H2,1H3. The van der Waals surface area contributed by atoms with Crippen LogP contribution in [0, 0.1) is 0 Å². The van der Waals surface area contributed by atoms with Gasteiger partial charge in [-0.25, -0.2) is 4.79 Å². The summed E-state index contributed by atoms with van der Waals surface area (Å²) in [5.41, 5.74) is 4.62. The summed E-state index contributed by atoms with van der Waals surface area (Å²) < 4.78 is 16.2. The van der Waals surface area contributed by atoms with Crippen molar-refractivity contribution >= 4 is 40.9 Å². The molecule has 0 amide bonds. The predicted octanol–water partition coefficient (Wildman–Crippen LogP) is 6.91. The molecule has 0 bridgehead atoms. The first-order valence-electron chi connectivity index (χ1n) is 10.7. The molecule has 3 aromatic carbocycles. The Kier molecular flexibility index (Phi) is 8.07. The maximum atomic E-state index is 11.4. The first kappa shape index (κ1) is 23.8. The molecule has 1 aliphatic rings. The van der Waals surface area contributed by atoms with Gasteiger partial charge in [-0.05, 0) is 78.4 Å². The van der Waals surface area contributed by atoms with Crippen molar-refractivity contribution in [1.29, 1.82) is 0 Å². The van der Waals surface area contributed by atoms with Gasteiger partial charge in [-0.3, -0.25) is 0 Å². The van der Waals surface area contributed by atoms with Gasteiger partial charge in [-0.2, -0.15) is 0 Å². The molecule has 0 atom stereocenters. The predicted molar refractivity (Wildman–Crippen MR) is 133 cm³/mol. The first-order chi connectivity index (χ1) is 16.0. The zero-order chi connectivity index (χ0) is 23.2. The third kappa shape index (κ3) is 6.17. The smallest absolute Gasteiger partial charge is 0.343 e. The Morgan fingerprint density at radius 1 is 0.970 bits per heavy atom. The van der Waals surface area contributed by atoms with E-state index in [-0.39, 0.29) is 12.6 Å². The highest BCUT2D eigenvalue weighted by atomic mass is 35.5. The molecule has 0 fully saturated rings. The number of ether oxygens (including phenoxy) is 3. The second kappa shape index (κ2) is 11.2. The molecule has 0 N–H and O–H groups in total. The quantitative estimate of drug-likeness (QED) is 0.235. The molecule has 4 nitrogen and oxygen atoms in total. The van der Waals surface area contributed by atoms with Crippen molar-refractivity contribution < 1.29 is 19.0 Å². The van der Waals surface area contributed by atoms with E-state index in [2.05, 4.69) is 22.9 Å². The van der Waals surface area contributed by atoms with Crippen LogP contribution < -0.4 is 9.47 Å². The van der Waals surface area contributed by atoms with Gasteiger partial charge in [-0.15, -0.1) is 11.8 Å². The number of fused-ring (bicyclic) bond motifs is 1. The number of benzene rings is 3. The van der Waals surface area contributed by atoms with Gasteiger partial charge < -0.3 is 14.2 Å². The topological polar surface area (TPSA) is 44.8 Å². The van der Waals surface area contributed by atoms with Crippen LogP contribution in [0.5, 0.6) is 11.5 Å². The van der Waals surface area contributed by atoms with Crippen LogP contribution in [0.3, 0.4) is 0 Å². The minimum Gasteiger partial charge on any atom is -0.489 e. The molecule has 33 heavy (non-hydrogen) atoms. The van der Waals surface area contributed by atoms with Gasteiger partial charge in [0, 0.05) is 26.3 Å². The van der Waals surface area contributed by atoms with Gasteiger partial charge in [0.25, 0.3) is 0 Å². The second-order valence-corrected chi connectivity index (χ2v) is 9.56. The Bertz CT molecular complexity index is 1130. The normalized spacial score (nSPS) is 12.3. The molecule has 0 saturated heterocycles. The van der Waals surface area contributed by atoms with Crippen LogP contribution in [0.2, 0.25) is 10.0 Å². The SMILES string of the molecule is COC(=O)COc1ccc(SCc2ccc(OCc3cc(Cl)ccc3Cl)cc2)c2c1CCC2. The summed E-state index contributed by atoms with van der Waals surface area (Å²) in [6, 6.07) is 17.5. The third-order valence-electron chi connectivity index (χ3n) is 5.49. The van der Waals surface area contributed by atoms with E-state index < -0.39 is 0 Å². The molecule has 3 aromatic rings. The van der Waals surface area contributed by atoms with Gasteiger partial charge >= 0.3 is 5.97 Å². The molecule has 4 rings (SSSR count). The van der Waals surface area contributed by atoms with E-state index in [4.69, 9.17) is 32.7 Å². The van der Waals surface area contributed by atoms with Crippen molar-refractivity contribution in [3.63, 3.8) is 0 Å². The highest BCUT2D eigenvalue weighted by molar-refractivity contribution is 7.98. The average Bonchev–Trinajstić information content (AvgIpc) is 3.33. The fourth-order valence-corrected chi connectivity index (χ4v) is 5.21. The number of rotatable bonds is 9. The lowest BCUT2D eigenvalue weighted by molar-refractivity contribution is -0.142. The first-order valence-corrected chi connectivity index (χ1v) is 12.4. The molecule has 7 heteroatoms. The van der Waals surface area contributed by atoms with Gasteiger partial charge in [0.2, 0.25) is 0 Å². The number of esters is 1. The Balaban J connectivity index is 1.35. The Morgan fingerprint density at radius 2 is 1.76 bits per heavy atom. The number of thioether (sulfide) groups is 1. The largest absolute Gasteiger partial charge is 0.489 e. The lowest BCUT2D eigenvalue weighted by atomic mass is 10.1. The lowest BCUT2D eigenvalue weighted by Crippen LogP contribution is -2.13. The van der Waals surface area contributed by atoms with Crippen molar-refractivity contribution in [1.82, 2.24) is 0 Å². The summed E-state index contributed by atoms with van der Waals surface area (Å²) in [5, 5.41) is 1.28. The van der Waals surface area contributed by atoms with Crippen LogP contribution in [0.4, 0.5) is 0 Å². The van der Waals surface area contributed by atoms with Gasteiger partial charge in [0.1, 0.15) is 18.1 Å². The third-order valence-corrected chi connectivity index (χ3v) is 7.27. The number of methoxy groups -OCH3 is 1. The summed E-state index contributed by atoms with van der Waals surface area (Å²) in [5.74, 6) is 2.06. The molecule has 0 spiro atoms. The minimum atomic E-state index is -0.372. The molecular weight excluding hydrogens is 479 g/mol. The average molecular weight is 503 g/mol. The molecule has 172 valence electrons. The van der Waals surface area contributed by atoms with Crippen molar-refractivity contribution in [2.75, 3.05) is 13.7 Å². The lowest BCUT2D eigenvalue weighted by Gasteiger charge is -2.14. The molecule has 0 unspecified atom stereocenters. The minimum absolute atomic E-state index is 0.0621. The van der Waals surface area contributed by atoms with Crippen molar-refractivity contribution in [3.8, 4) is 11.5 Å². The van der Waals surface area contributed by atoms with Crippen molar-refractivity contribution in [2.45, 2.75) is 36.5 Å². The molecule has 0 radical (unpaired) electrons. The van der Waals surface area contributed by atoms with E-state index in [0.29, 0.717) is 16.7 Å². The number of hydrogen-bond acceptors (Lipinski definition) is 5. The van der Waals surface area contributed by atoms with Gasteiger partial charge in [0.05, 0.1) is 7.11 Å². The number of hydrogen-bond donors (Lipinski definition) is 0. The monoisotopic (exact) mass is 502 g/mol. The zero-order valence-electron chi connectivity index (χ0n) is 18.2. The van der Waals surface area contributed by atoms with E-state index in [9.17, 15) is 4.79 Å². The van der Waals surface area contributed by atoms with Gasteiger partial charge in [0.15, 0.2) is 6.61 Å². The molecule has 0 heterocycles. The fraction of sp³-hybridized carbons (Fsp3) is 0.269. The molecule has 0 saturated carbocycles. The van der Waals surface area contributed by atoms with E-state index in [1.807, 2.05) is 36.0 Å². The van der Waals surface area contributed by atoms with Gasteiger partial charge in [-0.1, -0.05) is 35.3 Å². The molecular formula is C26H24Cl2O4S. The van der Waals surface area contributed by atoms with Crippen LogP contribution >= 0.6 is 35.0 Å².